The van der Waals surface area contributed by atoms with Crippen LogP contribution in [0.3, 0.4) is 0 Å². The van der Waals surface area contributed by atoms with Gasteiger partial charge in [-0.25, -0.2) is 0 Å². The maximum Gasteiger partial charge on any atom is 0.256 e. The van der Waals surface area contributed by atoms with Gasteiger partial charge in [-0.05, 0) is 98.9 Å². The largest absolute Gasteiger partial charge is 0.457 e. The van der Waals surface area contributed by atoms with Crippen molar-refractivity contribution in [2.24, 2.45) is 0 Å². The molecule has 0 saturated carbocycles. The van der Waals surface area contributed by atoms with E-state index in [2.05, 4.69) is 214 Å². The van der Waals surface area contributed by atoms with Crippen molar-refractivity contribution in [3.8, 4) is 23.0 Å². The van der Waals surface area contributed by atoms with Gasteiger partial charge in [0.2, 0.25) is 0 Å². The van der Waals surface area contributed by atoms with E-state index in [1.807, 2.05) is 37.2 Å². The zero-order valence-corrected chi connectivity index (χ0v) is 40.1. The number of anilines is 12. The summed E-state index contributed by atoms with van der Waals surface area (Å²) in [6.07, 6.45) is 11.9. The molecule has 0 amide bonds. The fourth-order valence-electron chi connectivity index (χ4n) is 13.2. The third kappa shape index (κ3) is 5.62. The van der Waals surface area contributed by atoms with Gasteiger partial charge in [-0.1, -0.05) is 121 Å². The average Bonchev–Trinajstić information content (AvgIpc) is 3.55. The predicted molar refractivity (Wildman–Crippen MR) is 306 cm³/mol. The van der Waals surface area contributed by atoms with Gasteiger partial charge < -0.3 is 29.1 Å². The Morgan fingerprint density at radius 1 is 0.253 bits per heavy atom. The van der Waals surface area contributed by atoms with Crippen LogP contribution in [0.4, 0.5) is 68.2 Å². The minimum Gasteiger partial charge on any atom is -0.457 e. The van der Waals surface area contributed by atoms with Crippen LogP contribution in [0.1, 0.15) is 0 Å². The van der Waals surface area contributed by atoms with Gasteiger partial charge in [0.1, 0.15) is 23.0 Å². The topological polar surface area (TPSA) is 70.1 Å². The lowest BCUT2D eigenvalue weighted by molar-refractivity contribution is 0.485. The van der Waals surface area contributed by atoms with Crippen molar-refractivity contribution in [1.82, 2.24) is 15.0 Å². The monoisotopic (exact) mass is 957 g/mol. The quantitative estimate of drug-likeness (QED) is 0.161. The molecular weight excluding hydrogens is 919 g/mol. The Kier molecular flexibility index (Phi) is 8.35. The molecule has 0 atom stereocenters. The molecule has 6 aliphatic heterocycles. The van der Waals surface area contributed by atoms with Crippen LogP contribution in [0.15, 0.2) is 231 Å². The minimum absolute atomic E-state index is 0.137. The normalized spacial score (nSPS) is 14.2. The van der Waals surface area contributed by atoms with Crippen molar-refractivity contribution in [3.63, 3.8) is 0 Å². The summed E-state index contributed by atoms with van der Waals surface area (Å²) in [4.78, 5) is 24.2. The second kappa shape index (κ2) is 15.4. The molecule has 11 aromatic rings. The van der Waals surface area contributed by atoms with Crippen LogP contribution in [0.5, 0.6) is 23.0 Å². The first-order chi connectivity index (χ1) is 37.2. The number of fused-ring (bicyclic) bond motifs is 12. The Bertz CT molecular complexity index is 3940. The van der Waals surface area contributed by atoms with Crippen LogP contribution in [0, 0.1) is 0 Å². The Morgan fingerprint density at radius 2 is 0.573 bits per heavy atom. The molecule has 3 aromatic heterocycles. The number of hydrogen-bond acceptors (Lipinski definition) is 9. The minimum atomic E-state index is -0.227. The highest BCUT2D eigenvalue weighted by atomic mass is 16.5. The first kappa shape index (κ1) is 40.8. The molecule has 8 aromatic carbocycles. The lowest BCUT2D eigenvalue weighted by Gasteiger charge is -2.45. The Hall–Kier alpha value is -9.80. The number of nitrogens with zero attached hydrogens (tertiary/aromatic N) is 7. The van der Waals surface area contributed by atoms with Crippen LogP contribution in [0.25, 0.3) is 0 Å². The second-order valence-electron chi connectivity index (χ2n) is 19.9. The lowest BCUT2D eigenvalue weighted by atomic mass is 9.29. The number of ether oxygens (including phenoxy) is 2. The lowest BCUT2D eigenvalue weighted by Crippen LogP contribution is -2.66. The number of hydrogen-bond donors (Lipinski definition) is 0. The highest BCUT2D eigenvalue weighted by Crippen LogP contribution is 2.48. The second-order valence-corrected chi connectivity index (χ2v) is 19.9. The van der Waals surface area contributed by atoms with Crippen molar-refractivity contribution in [1.29, 1.82) is 0 Å². The number of aromatic nitrogens is 3. The Morgan fingerprint density at radius 3 is 0.973 bits per heavy atom. The van der Waals surface area contributed by atoms with E-state index in [9.17, 15) is 0 Å². The van der Waals surface area contributed by atoms with Crippen molar-refractivity contribution in [2.45, 2.75) is 0 Å². The van der Waals surface area contributed by atoms with Crippen molar-refractivity contribution < 1.29 is 9.47 Å². The van der Waals surface area contributed by atoms with Crippen LogP contribution < -0.4 is 78.2 Å². The summed E-state index contributed by atoms with van der Waals surface area (Å²) in [6, 6.07) is 69.7. The molecule has 12 heteroatoms. The van der Waals surface area contributed by atoms with Gasteiger partial charge in [0.15, 0.2) is 0 Å². The van der Waals surface area contributed by atoms with Gasteiger partial charge in [0.25, 0.3) is 20.1 Å². The summed E-state index contributed by atoms with van der Waals surface area (Å²) in [5.74, 6) is 3.13. The summed E-state index contributed by atoms with van der Waals surface area (Å²) in [5, 5.41) is 0. The molecule has 0 spiro atoms. The first-order valence-corrected chi connectivity index (χ1v) is 25.5. The van der Waals surface area contributed by atoms with Crippen LogP contribution >= 0.6 is 0 Å². The molecule has 0 aliphatic carbocycles. The molecule has 6 aliphatic rings. The summed E-state index contributed by atoms with van der Waals surface area (Å²) in [7, 11) is 0. The number of pyridine rings is 3. The van der Waals surface area contributed by atoms with Crippen LogP contribution in [-0.4, -0.2) is 35.1 Å². The Balaban J connectivity index is 0.941. The summed E-state index contributed by atoms with van der Waals surface area (Å²) >= 11 is 0. The molecule has 9 nitrogen and oxygen atoms in total. The van der Waals surface area contributed by atoms with E-state index < -0.39 is 0 Å². The fourth-order valence-corrected chi connectivity index (χ4v) is 13.2. The summed E-state index contributed by atoms with van der Waals surface area (Å²) in [5.41, 5.74) is 23.0. The molecule has 0 N–H and O–H groups in total. The predicted octanol–water partition coefficient (Wildman–Crippen LogP) is 8.76. The maximum absolute atomic E-state index is 7.18. The maximum atomic E-state index is 7.18. The van der Waals surface area contributed by atoms with E-state index in [4.69, 9.17) is 24.4 Å². The fraction of sp³-hybridized carbons (Fsp3) is 0. The van der Waals surface area contributed by atoms with Gasteiger partial charge in [-0.2, -0.15) is 0 Å². The molecule has 0 bridgehead atoms. The van der Waals surface area contributed by atoms with Crippen molar-refractivity contribution in [2.75, 3.05) is 19.6 Å². The summed E-state index contributed by atoms with van der Waals surface area (Å²) < 4.78 is 14.4. The van der Waals surface area contributed by atoms with Gasteiger partial charge in [-0.15, -0.1) is 0 Å². The molecule has 0 unspecified atom stereocenters. The summed E-state index contributed by atoms with van der Waals surface area (Å²) in [6.45, 7) is -0.501. The van der Waals surface area contributed by atoms with E-state index in [0.717, 1.165) is 113 Å². The molecule has 0 fully saturated rings. The molecule has 0 radical (unpaired) electrons. The Labute approximate surface area is 433 Å². The zero-order valence-electron chi connectivity index (χ0n) is 40.1. The van der Waals surface area contributed by atoms with Crippen LogP contribution in [-0.2, 0) is 0 Å². The molecule has 17 rings (SSSR count). The molecule has 346 valence electrons. The standard InChI is InChI=1S/C63H38B3N7O2/c1-5-17-39(18-6-1)70-49-27-15-13-25-43(49)64-47-29-45-51(31-57(47)74-59-37-68-35-55(70)62(59)64)72(41-21-9-3-10-22-41)53-33-67-34-54-61(53)66(45)46-30-48-58(32-52(46)73(54)42-23-11-4-12-24-42)75-60-38-69-36-56-63(60)65(48)44-26-14-16-28-50(44)71(56)40-19-7-2-8-20-40/h1-38H. The third-order valence-corrected chi connectivity index (χ3v) is 16.2. The third-order valence-electron chi connectivity index (χ3n) is 16.2. The first-order valence-electron chi connectivity index (χ1n) is 25.5. The average molecular weight is 957 g/mol. The van der Waals surface area contributed by atoms with Crippen molar-refractivity contribution >= 4 is 138 Å². The molecular formula is C63H38B3N7O2. The zero-order chi connectivity index (χ0) is 48.9. The number of benzene rings is 8. The van der Waals surface area contributed by atoms with E-state index >= 15 is 0 Å². The molecule has 9 heterocycles. The van der Waals surface area contributed by atoms with E-state index in [-0.39, 0.29) is 20.1 Å². The van der Waals surface area contributed by atoms with Gasteiger partial charge >= 0.3 is 0 Å². The SMILES string of the molecule is c1ccc(N2c3ccccc3B3c4cc5c(cc4Oc4cncc2c43)N(c2ccccc2)c2cncc3c2B5c2cc4c(cc2N3c2ccccc2)Oc2cncc3c2B4c2ccccc2N3c2ccccc2)cc1. The van der Waals surface area contributed by atoms with Gasteiger partial charge in [0, 0.05) is 68.6 Å². The molecule has 0 saturated heterocycles. The van der Waals surface area contributed by atoms with E-state index in [1.54, 1.807) is 0 Å². The van der Waals surface area contributed by atoms with Crippen LogP contribution in [0.2, 0.25) is 0 Å². The smallest absolute Gasteiger partial charge is 0.256 e. The highest BCUT2D eigenvalue weighted by Gasteiger charge is 2.50. The number of rotatable bonds is 4. The highest BCUT2D eigenvalue weighted by molar-refractivity contribution is 7.04. The van der Waals surface area contributed by atoms with Crippen molar-refractivity contribution in [3.05, 3.63) is 231 Å². The van der Waals surface area contributed by atoms with Gasteiger partial charge in [-0.3, -0.25) is 15.0 Å². The van der Waals surface area contributed by atoms with E-state index in [1.165, 1.54) is 27.3 Å². The van der Waals surface area contributed by atoms with E-state index in [0.29, 0.717) is 0 Å². The molecule has 75 heavy (non-hydrogen) atoms. The van der Waals surface area contributed by atoms with Gasteiger partial charge in [0.05, 0.1) is 59.9 Å². The number of para-hydroxylation sites is 6.